The minimum absolute atomic E-state index is 0.0211. The van der Waals surface area contributed by atoms with Crippen molar-refractivity contribution in [2.24, 2.45) is 11.8 Å². The van der Waals surface area contributed by atoms with Crippen LogP contribution in [-0.4, -0.2) is 36.8 Å². The van der Waals surface area contributed by atoms with Gasteiger partial charge in [-0.25, -0.2) is 9.78 Å². The van der Waals surface area contributed by atoms with Gasteiger partial charge in [-0.15, -0.1) is 0 Å². The average Bonchev–Trinajstić information content (AvgIpc) is 3.04. The molecule has 178 valence electrons. The molecule has 0 aliphatic heterocycles. The Kier molecular flexibility index (Phi) is 7.19. The predicted molar refractivity (Wildman–Crippen MR) is 129 cm³/mol. The number of carbonyl (C=O) groups excluding carboxylic acids is 1. The normalized spacial score (nSPS) is 12.6. The zero-order valence-electron chi connectivity index (χ0n) is 20.5. The third-order valence-electron chi connectivity index (χ3n) is 5.55. The lowest BCUT2D eigenvalue weighted by atomic mass is 10.0. The molecule has 0 fully saturated rings. The predicted octanol–water partition coefficient (Wildman–Crippen LogP) is 2.74. The van der Waals surface area contributed by atoms with Gasteiger partial charge >= 0.3 is 5.69 Å². The fourth-order valence-corrected chi connectivity index (χ4v) is 3.88. The summed E-state index contributed by atoms with van der Waals surface area (Å²) in [5.41, 5.74) is 2.07. The lowest BCUT2D eigenvalue weighted by Gasteiger charge is -2.17. The summed E-state index contributed by atoms with van der Waals surface area (Å²) in [5, 5.41) is 7.58. The Morgan fingerprint density at radius 2 is 1.79 bits per heavy atom. The van der Waals surface area contributed by atoms with Crippen molar-refractivity contribution >= 4 is 16.9 Å². The molecule has 0 aliphatic rings. The molecule has 9 heteroatoms. The van der Waals surface area contributed by atoms with Crippen LogP contribution in [0.1, 0.15) is 68.0 Å². The Bertz CT molecular complexity index is 1280. The fourth-order valence-electron chi connectivity index (χ4n) is 3.88. The molecule has 2 N–H and O–H groups in total. The van der Waals surface area contributed by atoms with Crippen LogP contribution in [0.4, 0.5) is 0 Å². The van der Waals surface area contributed by atoms with Crippen molar-refractivity contribution in [3.05, 3.63) is 55.6 Å². The molecule has 0 spiro atoms. The molecule has 0 bridgehead atoms. The lowest BCUT2D eigenvalue weighted by molar-refractivity contribution is 0.0948. The number of hydrogen-bond acceptors (Lipinski definition) is 5. The van der Waals surface area contributed by atoms with E-state index >= 15 is 0 Å². The van der Waals surface area contributed by atoms with Crippen molar-refractivity contribution in [3.8, 4) is 0 Å². The molecule has 1 amide bonds. The highest BCUT2D eigenvalue weighted by Crippen LogP contribution is 2.20. The summed E-state index contributed by atoms with van der Waals surface area (Å²) in [5.74, 6) is -0.0478. The maximum atomic E-state index is 13.2. The van der Waals surface area contributed by atoms with Crippen molar-refractivity contribution in [3.63, 3.8) is 0 Å². The number of aryl methyl sites for hydroxylation is 2. The van der Waals surface area contributed by atoms with Gasteiger partial charge < -0.3 is 5.32 Å². The Hall–Kier alpha value is -3.23. The van der Waals surface area contributed by atoms with Crippen LogP contribution in [0.2, 0.25) is 0 Å². The minimum atomic E-state index is -0.598. The van der Waals surface area contributed by atoms with Crippen molar-refractivity contribution in [2.45, 2.75) is 67.5 Å². The average molecular weight is 455 g/mol. The lowest BCUT2D eigenvalue weighted by Crippen LogP contribution is -2.35. The molecule has 0 saturated carbocycles. The van der Waals surface area contributed by atoms with Gasteiger partial charge in [0.05, 0.1) is 16.6 Å². The van der Waals surface area contributed by atoms with E-state index in [9.17, 15) is 14.4 Å². The van der Waals surface area contributed by atoms with Gasteiger partial charge in [-0.1, -0.05) is 34.6 Å². The highest BCUT2D eigenvalue weighted by molar-refractivity contribution is 6.05. The number of nitrogens with zero attached hydrogens (tertiary/aromatic N) is 4. The molecule has 33 heavy (non-hydrogen) atoms. The zero-order chi connectivity index (χ0) is 24.4. The van der Waals surface area contributed by atoms with Gasteiger partial charge in [-0.3, -0.25) is 23.8 Å². The molecule has 0 saturated heterocycles. The van der Waals surface area contributed by atoms with Crippen molar-refractivity contribution in [1.82, 2.24) is 29.6 Å². The second-order valence-corrected chi connectivity index (χ2v) is 9.64. The van der Waals surface area contributed by atoms with Gasteiger partial charge in [-0.2, -0.15) is 5.10 Å². The Balaban J connectivity index is 1.97. The van der Waals surface area contributed by atoms with E-state index in [0.717, 1.165) is 11.4 Å². The molecule has 3 heterocycles. The van der Waals surface area contributed by atoms with Crippen LogP contribution in [0.3, 0.4) is 0 Å². The largest absolute Gasteiger partial charge is 0.352 e. The van der Waals surface area contributed by atoms with Gasteiger partial charge in [0.1, 0.15) is 0 Å². The number of H-pyrrole nitrogens is 1. The number of rotatable bonds is 8. The molecule has 1 atom stereocenters. The summed E-state index contributed by atoms with van der Waals surface area (Å²) in [7, 11) is 0. The Morgan fingerprint density at radius 1 is 1.09 bits per heavy atom. The summed E-state index contributed by atoms with van der Waals surface area (Å²) < 4.78 is 3.38. The number of pyridine rings is 1. The van der Waals surface area contributed by atoms with Gasteiger partial charge in [-0.05, 0) is 43.7 Å². The monoisotopic (exact) mass is 454 g/mol. The van der Waals surface area contributed by atoms with Gasteiger partial charge in [0, 0.05) is 31.0 Å². The zero-order valence-corrected chi connectivity index (χ0v) is 20.5. The van der Waals surface area contributed by atoms with E-state index in [-0.39, 0.29) is 40.3 Å². The fraction of sp³-hybridized carbons (Fsp3) is 0.542. The standard InChI is InChI=1S/C24H34N6O3/c1-13(2)11-29-21-20(23(32)27-24(29)33)18(9-19(26-21)14(3)4)22(31)25-10-15(5)12-30-17(7)8-16(6)28-30/h8-9,13-15H,10-12H2,1-7H3,(H,25,31)(H,27,32,33). The molecule has 0 radical (unpaired) electrons. The Morgan fingerprint density at radius 3 is 2.36 bits per heavy atom. The third kappa shape index (κ3) is 5.40. The molecule has 0 aromatic carbocycles. The van der Waals surface area contributed by atoms with Crippen LogP contribution in [0.25, 0.3) is 11.0 Å². The first-order valence-electron chi connectivity index (χ1n) is 11.4. The van der Waals surface area contributed by atoms with E-state index < -0.39 is 11.2 Å². The van der Waals surface area contributed by atoms with Crippen LogP contribution < -0.4 is 16.6 Å². The molecule has 0 aliphatic carbocycles. The summed E-state index contributed by atoms with van der Waals surface area (Å²) in [6, 6.07) is 3.68. The van der Waals surface area contributed by atoms with Crippen molar-refractivity contribution in [2.75, 3.05) is 6.54 Å². The second-order valence-electron chi connectivity index (χ2n) is 9.64. The first kappa shape index (κ1) is 24.4. The van der Waals surface area contributed by atoms with Crippen molar-refractivity contribution < 1.29 is 4.79 Å². The first-order chi connectivity index (χ1) is 15.5. The molecule has 1 unspecified atom stereocenters. The van der Waals surface area contributed by atoms with Gasteiger partial charge in [0.2, 0.25) is 0 Å². The molecule has 3 rings (SSSR count). The van der Waals surface area contributed by atoms with E-state index in [0.29, 0.717) is 25.3 Å². The number of hydrogen-bond donors (Lipinski definition) is 2. The van der Waals surface area contributed by atoms with E-state index in [4.69, 9.17) is 0 Å². The van der Waals surface area contributed by atoms with Gasteiger partial charge in [0.15, 0.2) is 5.65 Å². The highest BCUT2D eigenvalue weighted by atomic mass is 16.2. The first-order valence-corrected chi connectivity index (χ1v) is 11.4. The van der Waals surface area contributed by atoms with E-state index in [2.05, 4.69) is 20.4 Å². The minimum Gasteiger partial charge on any atom is -0.352 e. The smallest absolute Gasteiger partial charge is 0.330 e. The van der Waals surface area contributed by atoms with Crippen LogP contribution in [0, 0.1) is 25.7 Å². The van der Waals surface area contributed by atoms with E-state index in [1.807, 2.05) is 59.2 Å². The highest BCUT2D eigenvalue weighted by Gasteiger charge is 2.21. The van der Waals surface area contributed by atoms with E-state index in [1.54, 1.807) is 6.07 Å². The second kappa shape index (κ2) is 9.72. The molecule has 3 aromatic rings. The number of aromatic nitrogens is 5. The van der Waals surface area contributed by atoms with Gasteiger partial charge in [0.25, 0.3) is 11.5 Å². The van der Waals surface area contributed by atoms with Crippen LogP contribution in [0.15, 0.2) is 21.7 Å². The Labute approximate surface area is 193 Å². The summed E-state index contributed by atoms with van der Waals surface area (Å²) in [6.45, 7) is 15.4. The molecular weight excluding hydrogens is 420 g/mol. The topological polar surface area (TPSA) is 115 Å². The quantitative estimate of drug-likeness (QED) is 0.543. The maximum absolute atomic E-state index is 13.2. The summed E-state index contributed by atoms with van der Waals surface area (Å²) in [6.07, 6.45) is 0. The van der Waals surface area contributed by atoms with Crippen LogP contribution in [0.5, 0.6) is 0 Å². The number of carbonyl (C=O) groups is 1. The number of fused-ring (bicyclic) bond motifs is 1. The van der Waals surface area contributed by atoms with Crippen molar-refractivity contribution in [1.29, 1.82) is 0 Å². The molecule has 9 nitrogen and oxygen atoms in total. The third-order valence-corrected chi connectivity index (χ3v) is 5.55. The van der Waals surface area contributed by atoms with Crippen LogP contribution >= 0.6 is 0 Å². The summed E-state index contributed by atoms with van der Waals surface area (Å²) >= 11 is 0. The number of aromatic amines is 1. The maximum Gasteiger partial charge on any atom is 0.330 e. The number of amides is 1. The number of nitrogens with one attached hydrogen (secondary N) is 2. The summed E-state index contributed by atoms with van der Waals surface area (Å²) in [4.78, 5) is 45.5. The molecular formula is C24H34N6O3. The van der Waals surface area contributed by atoms with E-state index in [1.165, 1.54) is 4.57 Å². The molecule has 3 aromatic heterocycles. The SMILES string of the molecule is Cc1cc(C)n(CC(C)CNC(=O)c2cc(C(C)C)nc3c2c(=O)[nH]c(=O)n3CC(C)C)n1. The van der Waals surface area contributed by atoms with Crippen LogP contribution in [-0.2, 0) is 13.1 Å².